The Kier molecular flexibility index (Phi) is 5.74. The molecule has 0 aliphatic heterocycles. The lowest BCUT2D eigenvalue weighted by Gasteiger charge is -2.26. The molecule has 0 heterocycles. The quantitative estimate of drug-likeness (QED) is 0.684. The molecular weight excluding hydrogens is 194 g/mol. The molecule has 0 aromatic carbocycles. The number of nitrogens with zero attached hydrogens (tertiary/aromatic N) is 3. The summed E-state index contributed by atoms with van der Waals surface area (Å²) in [5, 5.41) is 0. The zero-order valence-corrected chi connectivity index (χ0v) is 10.3. The molecule has 0 aliphatic rings. The highest BCUT2D eigenvalue weighted by Gasteiger charge is 2.17. The van der Waals surface area contributed by atoms with Crippen molar-refractivity contribution in [2.24, 2.45) is 0 Å². The molecule has 0 unspecified atom stereocenters. The summed E-state index contributed by atoms with van der Waals surface area (Å²) >= 11 is 0. The molecule has 88 valence electrons. The summed E-state index contributed by atoms with van der Waals surface area (Å²) < 4.78 is 0. The van der Waals surface area contributed by atoms with Crippen LogP contribution in [0.25, 0.3) is 0 Å². The maximum absolute atomic E-state index is 11.7. The molecule has 0 radical (unpaired) electrons. The Morgan fingerprint density at radius 1 is 1.00 bits per heavy atom. The second-order valence-electron chi connectivity index (χ2n) is 3.60. The van der Waals surface area contributed by atoms with Crippen LogP contribution in [0, 0.1) is 0 Å². The second-order valence-corrected chi connectivity index (χ2v) is 3.60. The number of carbonyl (C=O) groups is 2. The van der Waals surface area contributed by atoms with E-state index in [0.717, 1.165) is 0 Å². The van der Waals surface area contributed by atoms with Gasteiger partial charge in [-0.2, -0.15) is 0 Å². The van der Waals surface area contributed by atoms with Gasteiger partial charge in [-0.05, 0) is 13.8 Å². The standard InChI is InChI=1S/C10H21N3O2/c1-6-13(7-2)10(15)12(5)8-9(14)11(3)4/h6-8H2,1-5H3. The Morgan fingerprint density at radius 3 is 1.80 bits per heavy atom. The fourth-order valence-corrected chi connectivity index (χ4v) is 1.15. The molecule has 3 amide bonds. The molecule has 0 spiro atoms. The molecule has 0 N–H and O–H groups in total. The third-order valence-corrected chi connectivity index (χ3v) is 2.23. The van der Waals surface area contributed by atoms with Crippen LogP contribution in [0.15, 0.2) is 0 Å². The second kappa shape index (κ2) is 6.27. The first kappa shape index (κ1) is 13.7. The van der Waals surface area contributed by atoms with Crippen molar-refractivity contribution in [1.82, 2.24) is 14.7 Å². The third kappa shape index (κ3) is 4.18. The van der Waals surface area contributed by atoms with Gasteiger partial charge in [-0.3, -0.25) is 4.79 Å². The van der Waals surface area contributed by atoms with E-state index < -0.39 is 0 Å². The highest BCUT2D eigenvalue weighted by Crippen LogP contribution is 1.97. The normalized spacial score (nSPS) is 9.67. The van der Waals surface area contributed by atoms with Gasteiger partial charge in [0.2, 0.25) is 5.91 Å². The van der Waals surface area contributed by atoms with Crippen LogP contribution in [0.5, 0.6) is 0 Å². The Balaban J connectivity index is 4.26. The summed E-state index contributed by atoms with van der Waals surface area (Å²) in [6, 6.07) is -0.102. The summed E-state index contributed by atoms with van der Waals surface area (Å²) in [5.41, 5.74) is 0. The smallest absolute Gasteiger partial charge is 0.320 e. The van der Waals surface area contributed by atoms with Gasteiger partial charge < -0.3 is 14.7 Å². The monoisotopic (exact) mass is 215 g/mol. The fourth-order valence-electron chi connectivity index (χ4n) is 1.15. The van der Waals surface area contributed by atoms with E-state index in [1.807, 2.05) is 13.8 Å². The zero-order valence-electron chi connectivity index (χ0n) is 10.3. The zero-order chi connectivity index (χ0) is 12.0. The molecular formula is C10H21N3O2. The maximum Gasteiger partial charge on any atom is 0.320 e. The van der Waals surface area contributed by atoms with Crippen molar-refractivity contribution in [3.8, 4) is 0 Å². The van der Waals surface area contributed by atoms with Gasteiger partial charge in [0.1, 0.15) is 6.54 Å². The topological polar surface area (TPSA) is 43.9 Å². The molecule has 0 saturated heterocycles. The number of likely N-dealkylation sites (N-methyl/N-ethyl adjacent to an activating group) is 2. The minimum absolute atomic E-state index is 0.0713. The highest BCUT2D eigenvalue weighted by atomic mass is 16.2. The SMILES string of the molecule is CCN(CC)C(=O)N(C)CC(=O)N(C)C. The van der Waals surface area contributed by atoms with Crippen LogP contribution in [0.4, 0.5) is 4.79 Å². The molecule has 0 rings (SSSR count). The van der Waals surface area contributed by atoms with E-state index in [0.29, 0.717) is 13.1 Å². The number of urea groups is 1. The van der Waals surface area contributed by atoms with Crippen LogP contribution < -0.4 is 0 Å². The van der Waals surface area contributed by atoms with Crippen LogP contribution in [-0.2, 0) is 4.79 Å². The van der Waals surface area contributed by atoms with Crippen LogP contribution in [0.1, 0.15) is 13.8 Å². The summed E-state index contributed by atoms with van der Waals surface area (Å²) in [6.07, 6.45) is 0. The Hall–Kier alpha value is -1.26. The largest absolute Gasteiger partial charge is 0.347 e. The molecule has 5 nitrogen and oxygen atoms in total. The van der Waals surface area contributed by atoms with Crippen molar-refractivity contribution in [2.75, 3.05) is 40.8 Å². The van der Waals surface area contributed by atoms with Crippen LogP contribution in [0.3, 0.4) is 0 Å². The van der Waals surface area contributed by atoms with Gasteiger partial charge >= 0.3 is 6.03 Å². The summed E-state index contributed by atoms with van der Waals surface area (Å²) in [7, 11) is 5.00. The summed E-state index contributed by atoms with van der Waals surface area (Å²) in [5.74, 6) is -0.0713. The van der Waals surface area contributed by atoms with Gasteiger partial charge in [0.05, 0.1) is 0 Å². The minimum Gasteiger partial charge on any atom is -0.347 e. The molecule has 15 heavy (non-hydrogen) atoms. The molecule has 5 heteroatoms. The number of carbonyl (C=O) groups excluding carboxylic acids is 2. The molecule has 0 atom stereocenters. The molecule has 0 saturated carbocycles. The lowest BCUT2D eigenvalue weighted by Crippen LogP contribution is -2.45. The average Bonchev–Trinajstić information content (AvgIpc) is 2.19. The summed E-state index contributed by atoms with van der Waals surface area (Å²) in [6.45, 7) is 5.29. The first-order valence-electron chi connectivity index (χ1n) is 5.14. The van der Waals surface area contributed by atoms with Crippen molar-refractivity contribution < 1.29 is 9.59 Å². The van der Waals surface area contributed by atoms with Gasteiger partial charge in [0.15, 0.2) is 0 Å². The van der Waals surface area contributed by atoms with E-state index >= 15 is 0 Å². The van der Waals surface area contributed by atoms with Crippen LogP contribution >= 0.6 is 0 Å². The molecule has 0 fully saturated rings. The fraction of sp³-hybridized carbons (Fsp3) is 0.800. The molecule has 0 aromatic rings. The van der Waals surface area contributed by atoms with Crippen molar-refractivity contribution in [2.45, 2.75) is 13.8 Å². The number of amides is 3. The van der Waals surface area contributed by atoms with Gasteiger partial charge in [-0.25, -0.2) is 4.79 Å². The Morgan fingerprint density at radius 2 is 1.47 bits per heavy atom. The van der Waals surface area contributed by atoms with Gasteiger partial charge in [0, 0.05) is 34.2 Å². The average molecular weight is 215 g/mol. The number of hydrogen-bond donors (Lipinski definition) is 0. The van der Waals surface area contributed by atoms with Crippen molar-refractivity contribution >= 4 is 11.9 Å². The number of hydrogen-bond acceptors (Lipinski definition) is 2. The Bertz CT molecular complexity index is 225. The highest BCUT2D eigenvalue weighted by molar-refractivity contribution is 5.83. The predicted octanol–water partition coefficient (Wildman–Crippen LogP) is 0.468. The van der Waals surface area contributed by atoms with E-state index in [1.54, 1.807) is 26.0 Å². The maximum atomic E-state index is 11.7. The number of rotatable bonds is 4. The molecule has 0 aromatic heterocycles. The summed E-state index contributed by atoms with van der Waals surface area (Å²) in [4.78, 5) is 27.7. The third-order valence-electron chi connectivity index (χ3n) is 2.23. The van der Waals surface area contributed by atoms with E-state index in [2.05, 4.69) is 0 Å². The molecule has 0 aliphatic carbocycles. The molecule has 0 bridgehead atoms. The van der Waals surface area contributed by atoms with Gasteiger partial charge in [-0.15, -0.1) is 0 Å². The lowest BCUT2D eigenvalue weighted by atomic mass is 10.4. The van der Waals surface area contributed by atoms with E-state index in [-0.39, 0.29) is 18.5 Å². The van der Waals surface area contributed by atoms with Crippen LogP contribution in [-0.4, -0.2) is 67.4 Å². The van der Waals surface area contributed by atoms with E-state index in [1.165, 1.54) is 9.80 Å². The lowest BCUT2D eigenvalue weighted by molar-refractivity contribution is -0.129. The van der Waals surface area contributed by atoms with Gasteiger partial charge in [0.25, 0.3) is 0 Å². The first-order chi connectivity index (χ1) is 6.93. The van der Waals surface area contributed by atoms with Crippen molar-refractivity contribution in [3.63, 3.8) is 0 Å². The van der Waals surface area contributed by atoms with Crippen molar-refractivity contribution in [3.05, 3.63) is 0 Å². The van der Waals surface area contributed by atoms with Gasteiger partial charge in [-0.1, -0.05) is 0 Å². The minimum atomic E-state index is -0.102. The van der Waals surface area contributed by atoms with Crippen LogP contribution in [0.2, 0.25) is 0 Å². The van der Waals surface area contributed by atoms with E-state index in [4.69, 9.17) is 0 Å². The first-order valence-corrected chi connectivity index (χ1v) is 5.14. The van der Waals surface area contributed by atoms with Crippen molar-refractivity contribution in [1.29, 1.82) is 0 Å². The Labute approximate surface area is 91.6 Å². The predicted molar refractivity (Wildman–Crippen MR) is 59.6 cm³/mol. The van der Waals surface area contributed by atoms with E-state index in [9.17, 15) is 9.59 Å².